The molecule has 5 heteroatoms. The Bertz CT molecular complexity index is 820. The summed E-state index contributed by atoms with van der Waals surface area (Å²) in [7, 11) is 0. The van der Waals surface area contributed by atoms with Crippen LogP contribution in [0, 0.1) is 0 Å². The average Bonchev–Trinajstić information content (AvgIpc) is 2.94. The van der Waals surface area contributed by atoms with E-state index in [2.05, 4.69) is 0 Å². The molecule has 0 spiro atoms. The van der Waals surface area contributed by atoms with Gasteiger partial charge in [-0.25, -0.2) is 0 Å². The zero-order valence-corrected chi connectivity index (χ0v) is 16.3. The molecule has 1 heterocycles. The van der Waals surface area contributed by atoms with Crippen LogP contribution in [0.15, 0.2) is 54.6 Å². The van der Waals surface area contributed by atoms with Gasteiger partial charge in [0.25, 0.3) is 5.91 Å². The number of anilines is 1. The Hall–Kier alpha value is -2.66. The second kappa shape index (κ2) is 9.02. The molecule has 1 aliphatic heterocycles. The Balaban J connectivity index is 1.63. The molecule has 1 N–H and O–H groups in total. The maximum absolute atomic E-state index is 13.2. The number of carbonyl (C=O) groups is 2. The van der Waals surface area contributed by atoms with Crippen LogP contribution in [0.25, 0.3) is 0 Å². The molecule has 1 amide bonds. The lowest BCUT2D eigenvalue weighted by atomic mass is 9.88. The number of rotatable bonds is 9. The minimum atomic E-state index is -1.64. The van der Waals surface area contributed by atoms with Crippen molar-refractivity contribution in [2.24, 2.45) is 0 Å². The minimum absolute atomic E-state index is 0.154. The summed E-state index contributed by atoms with van der Waals surface area (Å²) < 4.78 is 4.93. The van der Waals surface area contributed by atoms with Crippen LogP contribution in [-0.2, 0) is 19.9 Å². The zero-order valence-electron chi connectivity index (χ0n) is 16.3. The van der Waals surface area contributed by atoms with Crippen molar-refractivity contribution in [3.63, 3.8) is 0 Å². The van der Waals surface area contributed by atoms with Crippen LogP contribution in [0.4, 0.5) is 5.69 Å². The van der Waals surface area contributed by atoms with E-state index >= 15 is 0 Å². The predicted octanol–water partition coefficient (Wildman–Crippen LogP) is 3.78. The highest BCUT2D eigenvalue weighted by Gasteiger charge is 2.50. The number of hydrogen-bond acceptors (Lipinski definition) is 4. The first-order chi connectivity index (χ1) is 13.6. The summed E-state index contributed by atoms with van der Waals surface area (Å²) in [5.41, 5.74) is 0.352. The average molecular weight is 381 g/mol. The molecule has 148 valence electrons. The number of unbranched alkanes of at least 4 members (excludes halogenated alkanes) is 3. The molecule has 3 rings (SSSR count). The molecule has 1 unspecified atom stereocenters. The predicted molar refractivity (Wildman–Crippen MR) is 108 cm³/mol. The third-order valence-corrected chi connectivity index (χ3v) is 5.15. The number of aliphatic hydroxyl groups is 1. The summed E-state index contributed by atoms with van der Waals surface area (Å²) in [6.45, 7) is 2.77. The highest BCUT2D eigenvalue weighted by Crippen LogP contribution is 2.44. The van der Waals surface area contributed by atoms with E-state index in [0.29, 0.717) is 30.7 Å². The fraction of sp³-hybridized carbons (Fsp3) is 0.391. The standard InChI is InChI=1S/C23H27NO4/c1-2-28-21(25)16-8-3-4-11-17-24-20-15-10-9-14-19(20)23(27,22(24)26)18-12-6-5-7-13-18/h5-7,9-10,12-15,27H,2-4,8,11,16-17H2,1H3. The van der Waals surface area contributed by atoms with Crippen molar-refractivity contribution in [2.45, 2.75) is 44.6 Å². The van der Waals surface area contributed by atoms with Crippen LogP contribution in [0.1, 0.15) is 50.2 Å². The van der Waals surface area contributed by atoms with Gasteiger partial charge in [0.2, 0.25) is 0 Å². The highest BCUT2D eigenvalue weighted by molar-refractivity contribution is 6.09. The van der Waals surface area contributed by atoms with E-state index in [1.807, 2.05) is 42.5 Å². The molecule has 2 aromatic carbocycles. The summed E-state index contributed by atoms with van der Waals surface area (Å²) in [5.74, 6) is -0.453. The molecular weight excluding hydrogens is 354 g/mol. The number of hydrogen-bond donors (Lipinski definition) is 1. The van der Waals surface area contributed by atoms with Crippen molar-refractivity contribution >= 4 is 17.6 Å². The van der Waals surface area contributed by atoms with Crippen LogP contribution >= 0.6 is 0 Å². The number of para-hydroxylation sites is 1. The second-order valence-electron chi connectivity index (χ2n) is 7.02. The molecule has 0 saturated heterocycles. The van der Waals surface area contributed by atoms with E-state index < -0.39 is 5.60 Å². The van der Waals surface area contributed by atoms with Gasteiger partial charge in [-0.15, -0.1) is 0 Å². The molecule has 2 aromatic rings. The lowest BCUT2D eigenvalue weighted by molar-refractivity contribution is -0.143. The lowest BCUT2D eigenvalue weighted by Gasteiger charge is -2.23. The van der Waals surface area contributed by atoms with Crippen molar-refractivity contribution in [1.82, 2.24) is 0 Å². The van der Waals surface area contributed by atoms with Gasteiger partial charge in [0.1, 0.15) is 0 Å². The Kier molecular flexibility index (Phi) is 6.47. The molecule has 0 aromatic heterocycles. The van der Waals surface area contributed by atoms with Crippen LogP contribution in [0.2, 0.25) is 0 Å². The van der Waals surface area contributed by atoms with Crippen LogP contribution in [0.3, 0.4) is 0 Å². The molecular formula is C23H27NO4. The molecule has 0 bridgehead atoms. The number of carbonyl (C=O) groups excluding carboxylic acids is 2. The van der Waals surface area contributed by atoms with Crippen molar-refractivity contribution in [3.05, 3.63) is 65.7 Å². The third-order valence-electron chi connectivity index (χ3n) is 5.15. The third kappa shape index (κ3) is 3.94. The Morgan fingerprint density at radius 1 is 1.00 bits per heavy atom. The number of esters is 1. The summed E-state index contributed by atoms with van der Waals surface area (Å²) in [4.78, 5) is 26.2. The smallest absolute Gasteiger partial charge is 0.305 e. The quantitative estimate of drug-likeness (QED) is 0.530. The van der Waals surface area contributed by atoms with Gasteiger partial charge in [0, 0.05) is 18.5 Å². The van der Waals surface area contributed by atoms with Crippen LogP contribution < -0.4 is 4.90 Å². The van der Waals surface area contributed by atoms with Crippen LogP contribution in [-0.4, -0.2) is 30.1 Å². The number of fused-ring (bicyclic) bond motifs is 1. The van der Waals surface area contributed by atoms with Gasteiger partial charge in [-0.1, -0.05) is 61.4 Å². The SMILES string of the molecule is CCOC(=O)CCCCCCN1C(=O)C(O)(c2ccccc2)c2ccccc21. The Labute approximate surface area is 165 Å². The van der Waals surface area contributed by atoms with E-state index in [4.69, 9.17) is 4.74 Å². The van der Waals surface area contributed by atoms with Gasteiger partial charge in [0.05, 0.1) is 12.3 Å². The second-order valence-corrected chi connectivity index (χ2v) is 7.02. The molecule has 0 fully saturated rings. The number of ether oxygens (including phenoxy) is 1. The summed E-state index contributed by atoms with van der Waals surface area (Å²) in [6.07, 6.45) is 3.86. The summed E-state index contributed by atoms with van der Waals surface area (Å²) in [5, 5.41) is 11.4. The van der Waals surface area contributed by atoms with Crippen molar-refractivity contribution in [2.75, 3.05) is 18.1 Å². The molecule has 1 atom stereocenters. The fourth-order valence-corrected chi connectivity index (χ4v) is 3.74. The van der Waals surface area contributed by atoms with E-state index in [-0.39, 0.29) is 11.9 Å². The zero-order chi connectivity index (χ0) is 20.0. The number of amides is 1. The van der Waals surface area contributed by atoms with E-state index in [9.17, 15) is 14.7 Å². The maximum Gasteiger partial charge on any atom is 0.305 e. The molecule has 1 aliphatic rings. The van der Waals surface area contributed by atoms with E-state index in [0.717, 1.165) is 31.4 Å². The first kappa shape index (κ1) is 20.1. The first-order valence-corrected chi connectivity index (χ1v) is 9.94. The van der Waals surface area contributed by atoms with Crippen molar-refractivity contribution < 1.29 is 19.4 Å². The van der Waals surface area contributed by atoms with Gasteiger partial charge in [-0.3, -0.25) is 9.59 Å². The van der Waals surface area contributed by atoms with Gasteiger partial charge in [-0.2, -0.15) is 0 Å². The molecule has 0 saturated carbocycles. The molecule has 0 radical (unpaired) electrons. The monoisotopic (exact) mass is 381 g/mol. The van der Waals surface area contributed by atoms with E-state index in [1.54, 1.807) is 24.0 Å². The Morgan fingerprint density at radius 3 is 2.43 bits per heavy atom. The number of nitrogens with zero attached hydrogens (tertiary/aromatic N) is 1. The largest absolute Gasteiger partial charge is 0.466 e. The van der Waals surface area contributed by atoms with Gasteiger partial charge < -0.3 is 14.7 Å². The lowest BCUT2D eigenvalue weighted by Crippen LogP contribution is -2.41. The molecule has 28 heavy (non-hydrogen) atoms. The minimum Gasteiger partial charge on any atom is -0.466 e. The van der Waals surface area contributed by atoms with Crippen molar-refractivity contribution in [3.8, 4) is 0 Å². The van der Waals surface area contributed by atoms with Crippen molar-refractivity contribution in [1.29, 1.82) is 0 Å². The fourth-order valence-electron chi connectivity index (χ4n) is 3.74. The maximum atomic E-state index is 13.2. The molecule has 5 nitrogen and oxygen atoms in total. The van der Waals surface area contributed by atoms with E-state index in [1.165, 1.54) is 0 Å². The number of benzene rings is 2. The summed E-state index contributed by atoms with van der Waals surface area (Å²) in [6, 6.07) is 16.5. The van der Waals surface area contributed by atoms with Gasteiger partial charge in [0.15, 0.2) is 5.60 Å². The Morgan fingerprint density at radius 2 is 1.68 bits per heavy atom. The highest BCUT2D eigenvalue weighted by atomic mass is 16.5. The topological polar surface area (TPSA) is 66.8 Å². The summed E-state index contributed by atoms with van der Waals surface area (Å²) >= 11 is 0. The molecule has 0 aliphatic carbocycles. The normalized spacial score (nSPS) is 18.2. The van der Waals surface area contributed by atoms with Gasteiger partial charge >= 0.3 is 5.97 Å². The first-order valence-electron chi connectivity index (χ1n) is 9.94. The van der Waals surface area contributed by atoms with Crippen LogP contribution in [0.5, 0.6) is 0 Å². The van der Waals surface area contributed by atoms with Gasteiger partial charge in [-0.05, 0) is 31.4 Å².